The van der Waals surface area contributed by atoms with E-state index < -0.39 is 0 Å². The molecule has 1 aliphatic heterocycles. The molecule has 0 saturated heterocycles. The summed E-state index contributed by atoms with van der Waals surface area (Å²) in [7, 11) is 1.92. The predicted molar refractivity (Wildman–Crippen MR) is 121 cm³/mol. The van der Waals surface area contributed by atoms with Gasteiger partial charge in [-0.15, -0.1) is 0 Å². The first-order valence-electron chi connectivity index (χ1n) is 11.7. The molecule has 2 aromatic rings. The average molecular weight is 403 g/mol. The van der Waals surface area contributed by atoms with Gasteiger partial charge in [0, 0.05) is 35.9 Å². The summed E-state index contributed by atoms with van der Waals surface area (Å²) >= 11 is 0. The van der Waals surface area contributed by atoms with Gasteiger partial charge in [-0.2, -0.15) is 5.10 Å². The second kappa shape index (κ2) is 6.59. The Kier molecular flexibility index (Phi) is 4.15. The van der Waals surface area contributed by atoms with Gasteiger partial charge in [0.05, 0.1) is 11.3 Å². The van der Waals surface area contributed by atoms with Crippen LogP contribution in [0.3, 0.4) is 0 Å². The molecule has 5 nitrogen and oxygen atoms in total. The summed E-state index contributed by atoms with van der Waals surface area (Å²) in [5.41, 5.74) is 8.46. The van der Waals surface area contributed by atoms with Crippen LogP contribution in [0.25, 0.3) is 11.0 Å². The third-order valence-corrected chi connectivity index (χ3v) is 8.30. The van der Waals surface area contributed by atoms with E-state index in [1.54, 1.807) is 0 Å². The van der Waals surface area contributed by atoms with Crippen molar-refractivity contribution in [3.8, 4) is 0 Å². The lowest BCUT2D eigenvalue weighted by Crippen LogP contribution is -2.53. The molecule has 2 N–H and O–H groups in total. The number of pyridine rings is 1. The molecule has 2 atom stereocenters. The fourth-order valence-corrected chi connectivity index (χ4v) is 7.30. The Labute approximate surface area is 179 Å². The van der Waals surface area contributed by atoms with E-state index in [4.69, 9.17) is 9.76 Å². The Morgan fingerprint density at radius 2 is 1.93 bits per heavy atom. The maximum atomic E-state index is 6.00. The lowest BCUT2D eigenvalue weighted by molar-refractivity contribution is -0.0636. The molecule has 7 rings (SSSR count). The number of aromatic amines is 1. The molecule has 3 heterocycles. The summed E-state index contributed by atoms with van der Waals surface area (Å²) in [4.78, 5) is 7.95. The zero-order valence-electron chi connectivity index (χ0n) is 18.4. The van der Waals surface area contributed by atoms with Gasteiger partial charge in [0.15, 0.2) is 0 Å². The van der Waals surface area contributed by atoms with E-state index in [0.717, 1.165) is 40.7 Å². The molecule has 4 fully saturated rings. The van der Waals surface area contributed by atoms with Crippen molar-refractivity contribution in [3.05, 3.63) is 24.0 Å². The number of nitrogens with one attached hydrogen (secondary N) is 2. The molecule has 2 aromatic heterocycles. The number of hydrogen-bond acceptors (Lipinski definition) is 4. The van der Waals surface area contributed by atoms with Crippen molar-refractivity contribution in [2.24, 2.45) is 34.2 Å². The first kappa shape index (κ1) is 18.9. The van der Waals surface area contributed by atoms with Crippen LogP contribution in [0.1, 0.15) is 64.9 Å². The maximum Gasteiger partial charge on any atom is 0.332 e. The smallest absolute Gasteiger partial charge is 0.332 e. The monoisotopic (exact) mass is 403 g/mol. The Hall–Kier alpha value is -1.82. The number of hydrazone groups is 1. The van der Waals surface area contributed by atoms with Crippen molar-refractivity contribution in [2.45, 2.75) is 64.8 Å². The van der Waals surface area contributed by atoms with E-state index in [-0.39, 0.29) is 5.54 Å². The standard InChI is InChI=1S/C24H32BN4O/c1-23(2)5-7-30-25-18-13-27-22-17(4-6-26-22)20(18)21(28-29-23)19-15-8-14-9-16(19)12-24(3,10-14)11-15/h4,6,13-16,19,29H,5,7-12H2,1-3H3,(H,26,27)/b28-21-. The van der Waals surface area contributed by atoms with Gasteiger partial charge < -0.3 is 15.1 Å². The van der Waals surface area contributed by atoms with E-state index in [2.05, 4.69) is 42.2 Å². The molecule has 0 amide bonds. The van der Waals surface area contributed by atoms with Gasteiger partial charge in [0.2, 0.25) is 0 Å². The molecule has 2 unspecified atom stereocenters. The summed E-state index contributed by atoms with van der Waals surface area (Å²) in [5.74, 6) is 2.92. The molecule has 30 heavy (non-hydrogen) atoms. The van der Waals surface area contributed by atoms with Gasteiger partial charge in [0.25, 0.3) is 0 Å². The van der Waals surface area contributed by atoms with Crippen LogP contribution in [-0.4, -0.2) is 35.3 Å². The first-order chi connectivity index (χ1) is 14.4. The van der Waals surface area contributed by atoms with Crippen molar-refractivity contribution in [1.29, 1.82) is 0 Å². The Morgan fingerprint density at radius 3 is 2.70 bits per heavy atom. The second-order valence-corrected chi connectivity index (χ2v) is 11.4. The second-order valence-electron chi connectivity index (χ2n) is 11.4. The van der Waals surface area contributed by atoms with Crippen molar-refractivity contribution >= 4 is 29.7 Å². The third kappa shape index (κ3) is 3.02. The first-order valence-corrected chi connectivity index (χ1v) is 11.7. The van der Waals surface area contributed by atoms with E-state index in [0.29, 0.717) is 17.9 Å². The lowest BCUT2D eigenvalue weighted by atomic mass is 9.45. The van der Waals surface area contributed by atoms with Crippen LogP contribution in [0.5, 0.6) is 0 Å². The highest BCUT2D eigenvalue weighted by molar-refractivity contribution is 6.50. The van der Waals surface area contributed by atoms with Gasteiger partial charge in [-0.3, -0.25) is 0 Å². The Morgan fingerprint density at radius 1 is 1.13 bits per heavy atom. The van der Waals surface area contributed by atoms with Crippen molar-refractivity contribution in [1.82, 2.24) is 15.4 Å². The van der Waals surface area contributed by atoms with Crippen LogP contribution in [0.15, 0.2) is 23.6 Å². The highest BCUT2D eigenvalue weighted by atomic mass is 16.4. The number of H-pyrrole nitrogens is 1. The minimum absolute atomic E-state index is 0.0984. The minimum Gasteiger partial charge on any atom is -0.434 e. The molecule has 5 aliphatic rings. The van der Waals surface area contributed by atoms with Gasteiger partial charge in [-0.1, -0.05) is 6.92 Å². The fourth-order valence-electron chi connectivity index (χ4n) is 7.30. The molecular weight excluding hydrogens is 371 g/mol. The summed E-state index contributed by atoms with van der Waals surface area (Å²) in [5, 5.41) is 6.39. The van der Waals surface area contributed by atoms with Crippen LogP contribution in [0, 0.1) is 29.1 Å². The zero-order valence-corrected chi connectivity index (χ0v) is 18.4. The minimum atomic E-state index is -0.0984. The molecular formula is C24H32BN4O. The Bertz CT molecular complexity index is 996. The van der Waals surface area contributed by atoms with Crippen LogP contribution in [0.4, 0.5) is 0 Å². The van der Waals surface area contributed by atoms with E-state index >= 15 is 0 Å². The molecule has 157 valence electrons. The van der Waals surface area contributed by atoms with E-state index in [1.165, 1.54) is 43.4 Å². The maximum absolute atomic E-state index is 6.00. The number of nitrogens with zero attached hydrogens (tertiary/aromatic N) is 2. The summed E-state index contributed by atoms with van der Waals surface area (Å²) < 4.78 is 6.00. The Balaban J connectivity index is 1.52. The molecule has 0 aromatic carbocycles. The summed E-state index contributed by atoms with van der Waals surface area (Å²) in [6.45, 7) is 7.64. The van der Waals surface area contributed by atoms with Crippen LogP contribution < -0.4 is 10.9 Å². The van der Waals surface area contributed by atoms with E-state index in [9.17, 15) is 0 Å². The van der Waals surface area contributed by atoms with Gasteiger partial charge in [0.1, 0.15) is 5.65 Å². The van der Waals surface area contributed by atoms with Crippen LogP contribution >= 0.6 is 0 Å². The van der Waals surface area contributed by atoms with Crippen molar-refractivity contribution < 1.29 is 4.65 Å². The number of rotatable bonds is 1. The lowest BCUT2D eigenvalue weighted by Gasteiger charge is -2.59. The van der Waals surface area contributed by atoms with Gasteiger partial charge in [-0.05, 0) is 87.1 Å². The molecule has 1 radical (unpaired) electrons. The zero-order chi connectivity index (χ0) is 20.5. The fraction of sp³-hybridized carbons (Fsp3) is 0.667. The highest BCUT2D eigenvalue weighted by Gasteiger charge is 2.55. The third-order valence-electron chi connectivity index (χ3n) is 8.30. The highest BCUT2D eigenvalue weighted by Crippen LogP contribution is 2.62. The molecule has 4 aliphatic carbocycles. The average Bonchev–Trinajstić information content (AvgIpc) is 3.14. The molecule has 4 saturated carbocycles. The van der Waals surface area contributed by atoms with Gasteiger partial charge in [-0.25, -0.2) is 4.98 Å². The quantitative estimate of drug-likeness (QED) is 0.713. The number of fused-ring (bicyclic) bond motifs is 3. The van der Waals surface area contributed by atoms with Crippen LogP contribution in [-0.2, 0) is 4.65 Å². The topological polar surface area (TPSA) is 62.3 Å². The van der Waals surface area contributed by atoms with Crippen molar-refractivity contribution in [2.75, 3.05) is 6.61 Å². The summed E-state index contributed by atoms with van der Waals surface area (Å²) in [6.07, 6.45) is 11.7. The van der Waals surface area contributed by atoms with Gasteiger partial charge >= 0.3 is 7.48 Å². The molecule has 0 spiro atoms. The number of hydrogen-bond donors (Lipinski definition) is 2. The number of aromatic nitrogens is 2. The molecule has 6 heteroatoms. The van der Waals surface area contributed by atoms with Crippen LogP contribution in [0.2, 0.25) is 0 Å². The van der Waals surface area contributed by atoms with Crippen molar-refractivity contribution in [3.63, 3.8) is 0 Å². The van der Waals surface area contributed by atoms with E-state index in [1.807, 2.05) is 19.9 Å². The SMILES string of the molecule is CC12CC3CC(C1)C(/C1=N/NC(C)(C)CCO[B]c4cnc5[nH]ccc5c41)C(C3)C2. The largest absolute Gasteiger partial charge is 0.434 e. The molecule has 4 bridgehead atoms. The predicted octanol–water partition coefficient (Wildman–Crippen LogP) is 3.76. The normalized spacial score (nSPS) is 39.0. The summed E-state index contributed by atoms with van der Waals surface area (Å²) in [6, 6.07) is 2.15.